The van der Waals surface area contributed by atoms with Gasteiger partial charge in [-0.2, -0.15) is 0 Å². The molecule has 32 heavy (non-hydrogen) atoms. The van der Waals surface area contributed by atoms with Crippen LogP contribution in [0.15, 0.2) is 29.1 Å². The van der Waals surface area contributed by atoms with Gasteiger partial charge in [0, 0.05) is 12.0 Å². The minimum Gasteiger partial charge on any atom is -0.497 e. The Morgan fingerprint density at radius 1 is 1.31 bits per heavy atom. The first kappa shape index (κ1) is 24.5. The van der Waals surface area contributed by atoms with Crippen LogP contribution < -0.4 is 15.6 Å². The van der Waals surface area contributed by atoms with Crippen LogP contribution in [0.3, 0.4) is 0 Å². The lowest BCUT2D eigenvalue weighted by atomic mass is 9.92. The minimum atomic E-state index is -0.227. The average Bonchev–Trinajstić information content (AvgIpc) is 2.77. The van der Waals surface area contributed by atoms with Gasteiger partial charge in [-0.1, -0.05) is 37.6 Å². The fourth-order valence-corrected chi connectivity index (χ4v) is 4.68. The number of carbonyl (C=O) groups excluding carboxylic acids is 1. The average molecular weight is 460 g/mol. The van der Waals surface area contributed by atoms with Gasteiger partial charge in [0.05, 0.1) is 19.3 Å². The Bertz CT molecular complexity index is 981. The van der Waals surface area contributed by atoms with E-state index in [-0.39, 0.29) is 29.0 Å². The van der Waals surface area contributed by atoms with Crippen molar-refractivity contribution in [3.8, 4) is 17.0 Å². The molecule has 3 rings (SSSR count). The highest BCUT2D eigenvalue weighted by molar-refractivity contribution is 6.31. The van der Waals surface area contributed by atoms with Gasteiger partial charge in [0.25, 0.3) is 5.56 Å². The second kappa shape index (κ2) is 11.6. The smallest absolute Gasteiger partial charge is 0.273 e. The molecule has 0 bridgehead atoms. The van der Waals surface area contributed by atoms with E-state index in [0.29, 0.717) is 41.5 Å². The maximum atomic E-state index is 13.4. The number of hydrogen-bond donors (Lipinski definition) is 1. The zero-order chi connectivity index (χ0) is 23.1. The maximum Gasteiger partial charge on any atom is 0.273 e. The highest BCUT2D eigenvalue weighted by atomic mass is 35.5. The third-order valence-corrected chi connectivity index (χ3v) is 6.25. The number of carbonyl (C=O) groups is 1. The van der Waals surface area contributed by atoms with Crippen molar-refractivity contribution in [2.24, 2.45) is 11.8 Å². The summed E-state index contributed by atoms with van der Waals surface area (Å²) in [5.41, 5.74) is 1.38. The summed E-state index contributed by atoms with van der Waals surface area (Å²) in [5, 5.41) is 3.63. The quantitative estimate of drug-likeness (QED) is 0.565. The van der Waals surface area contributed by atoms with Crippen molar-refractivity contribution in [1.82, 2.24) is 14.9 Å². The fourth-order valence-electron chi connectivity index (χ4n) is 4.37. The van der Waals surface area contributed by atoms with Crippen LogP contribution >= 0.6 is 11.6 Å². The molecular formula is C25H34ClN3O3. The van der Waals surface area contributed by atoms with Gasteiger partial charge < -0.3 is 10.1 Å². The standard InChI is InChI=1S/C25H34ClN3O3/c1-17(2)14-20(30)16-29-23(19-7-5-8-21(15-19)32-3)24(26)28-22(25(29)31)9-4-6-18-10-12-27-13-11-18/h5,7-8,15,17-18,27H,4,6,9-14,16H2,1-3H3. The van der Waals surface area contributed by atoms with Crippen molar-refractivity contribution in [1.29, 1.82) is 0 Å². The van der Waals surface area contributed by atoms with E-state index in [9.17, 15) is 9.59 Å². The van der Waals surface area contributed by atoms with Crippen molar-refractivity contribution in [2.45, 2.75) is 58.9 Å². The molecule has 0 aliphatic carbocycles. The summed E-state index contributed by atoms with van der Waals surface area (Å²) < 4.78 is 6.84. The van der Waals surface area contributed by atoms with Crippen LogP contribution in [0.1, 0.15) is 51.6 Å². The Hall–Kier alpha value is -2.18. The van der Waals surface area contributed by atoms with Crippen LogP contribution in [0.25, 0.3) is 11.3 Å². The predicted molar refractivity (Wildman–Crippen MR) is 128 cm³/mol. The molecule has 1 aliphatic heterocycles. The maximum absolute atomic E-state index is 13.4. The van der Waals surface area contributed by atoms with Crippen molar-refractivity contribution >= 4 is 17.4 Å². The molecule has 1 aromatic heterocycles. The monoisotopic (exact) mass is 459 g/mol. The van der Waals surface area contributed by atoms with Crippen LogP contribution in [0.5, 0.6) is 5.75 Å². The normalized spacial score (nSPS) is 14.7. The first-order valence-electron chi connectivity index (χ1n) is 11.5. The summed E-state index contributed by atoms with van der Waals surface area (Å²) in [6, 6.07) is 7.32. The summed E-state index contributed by atoms with van der Waals surface area (Å²) in [7, 11) is 1.59. The van der Waals surface area contributed by atoms with Crippen molar-refractivity contribution < 1.29 is 9.53 Å². The summed E-state index contributed by atoms with van der Waals surface area (Å²) in [6.07, 6.45) is 5.30. The first-order chi connectivity index (χ1) is 15.4. The third-order valence-electron chi connectivity index (χ3n) is 5.99. The Kier molecular flexibility index (Phi) is 8.88. The van der Waals surface area contributed by atoms with Crippen LogP contribution in [0, 0.1) is 11.8 Å². The molecule has 1 fully saturated rings. The van der Waals surface area contributed by atoms with E-state index in [1.54, 1.807) is 7.11 Å². The predicted octanol–water partition coefficient (Wildman–Crippen LogP) is 4.51. The van der Waals surface area contributed by atoms with E-state index in [0.717, 1.165) is 25.9 Å². The van der Waals surface area contributed by atoms with Gasteiger partial charge in [-0.25, -0.2) is 4.98 Å². The number of methoxy groups -OCH3 is 1. The van der Waals surface area contributed by atoms with Crippen molar-refractivity contribution in [2.75, 3.05) is 20.2 Å². The Morgan fingerprint density at radius 3 is 2.75 bits per heavy atom. The number of aryl methyl sites for hydroxylation is 1. The van der Waals surface area contributed by atoms with Gasteiger partial charge in [0.15, 0.2) is 10.9 Å². The lowest BCUT2D eigenvalue weighted by Crippen LogP contribution is -2.31. The summed E-state index contributed by atoms with van der Waals surface area (Å²) in [4.78, 5) is 30.6. The lowest BCUT2D eigenvalue weighted by molar-refractivity contribution is -0.120. The SMILES string of the molecule is COc1cccc(-c2c(Cl)nc(CCCC3CCNCC3)c(=O)n2CC(=O)CC(C)C)c1. The number of nitrogens with zero attached hydrogens (tertiary/aromatic N) is 2. The van der Waals surface area contributed by atoms with E-state index in [1.807, 2.05) is 38.1 Å². The second-order valence-electron chi connectivity index (χ2n) is 9.04. The first-order valence-corrected chi connectivity index (χ1v) is 11.9. The molecule has 0 spiro atoms. The number of rotatable bonds is 10. The van der Waals surface area contributed by atoms with Crippen LogP contribution in [0.2, 0.25) is 5.15 Å². The molecule has 0 unspecified atom stereocenters. The van der Waals surface area contributed by atoms with E-state index in [2.05, 4.69) is 10.3 Å². The molecule has 0 saturated carbocycles. The largest absolute Gasteiger partial charge is 0.497 e. The Labute approximate surface area is 195 Å². The van der Waals surface area contributed by atoms with Gasteiger partial charge in [-0.15, -0.1) is 0 Å². The number of halogens is 1. The van der Waals surface area contributed by atoms with Gasteiger partial charge in [0.1, 0.15) is 11.4 Å². The highest BCUT2D eigenvalue weighted by Gasteiger charge is 2.20. The van der Waals surface area contributed by atoms with Crippen LogP contribution in [-0.2, 0) is 17.8 Å². The molecule has 1 saturated heterocycles. The Morgan fingerprint density at radius 2 is 2.06 bits per heavy atom. The molecule has 1 aliphatic rings. The van der Waals surface area contributed by atoms with E-state index in [4.69, 9.17) is 16.3 Å². The van der Waals surface area contributed by atoms with Gasteiger partial charge >= 0.3 is 0 Å². The molecule has 2 aromatic rings. The van der Waals surface area contributed by atoms with Crippen LogP contribution in [0.4, 0.5) is 0 Å². The number of ketones is 1. The van der Waals surface area contributed by atoms with E-state index < -0.39 is 0 Å². The number of Topliss-reactive ketones (excluding diaryl/α,β-unsaturated/α-hetero) is 1. The number of piperidine rings is 1. The molecule has 1 N–H and O–H groups in total. The number of hydrogen-bond acceptors (Lipinski definition) is 5. The second-order valence-corrected chi connectivity index (χ2v) is 9.40. The van der Waals surface area contributed by atoms with E-state index in [1.165, 1.54) is 17.4 Å². The zero-order valence-electron chi connectivity index (χ0n) is 19.3. The lowest BCUT2D eigenvalue weighted by Gasteiger charge is -2.22. The van der Waals surface area contributed by atoms with Crippen LogP contribution in [-0.4, -0.2) is 35.5 Å². The molecule has 0 radical (unpaired) electrons. The molecule has 174 valence electrons. The summed E-state index contributed by atoms with van der Waals surface area (Å²) >= 11 is 6.62. The topological polar surface area (TPSA) is 73.2 Å². The molecule has 2 heterocycles. The molecule has 6 nitrogen and oxygen atoms in total. The number of ether oxygens (including phenoxy) is 1. The molecular weight excluding hydrogens is 426 g/mol. The highest BCUT2D eigenvalue weighted by Crippen LogP contribution is 2.29. The third kappa shape index (κ3) is 6.42. The Balaban J connectivity index is 1.92. The molecule has 0 atom stereocenters. The number of nitrogens with one attached hydrogen (secondary N) is 1. The van der Waals surface area contributed by atoms with Crippen molar-refractivity contribution in [3.05, 3.63) is 45.5 Å². The molecule has 7 heteroatoms. The fraction of sp³-hybridized carbons (Fsp3) is 0.560. The zero-order valence-corrected chi connectivity index (χ0v) is 20.1. The summed E-state index contributed by atoms with van der Waals surface area (Å²) in [6.45, 7) is 6.11. The molecule has 0 amide bonds. The number of benzene rings is 1. The van der Waals surface area contributed by atoms with E-state index >= 15 is 0 Å². The minimum absolute atomic E-state index is 0.00685. The van der Waals surface area contributed by atoms with Gasteiger partial charge in [-0.05, 0) is 69.2 Å². The molecule has 1 aromatic carbocycles. The van der Waals surface area contributed by atoms with Gasteiger partial charge in [-0.3, -0.25) is 14.2 Å². The number of aromatic nitrogens is 2. The van der Waals surface area contributed by atoms with Crippen molar-refractivity contribution in [3.63, 3.8) is 0 Å². The van der Waals surface area contributed by atoms with Gasteiger partial charge in [0.2, 0.25) is 0 Å². The summed E-state index contributed by atoms with van der Waals surface area (Å²) in [5.74, 6) is 1.57.